The molecule has 3 aromatic carbocycles. The molecular weight excluding hydrogens is 416 g/mol. The van der Waals surface area contributed by atoms with Gasteiger partial charge < -0.3 is 19.5 Å². The van der Waals surface area contributed by atoms with Crippen LogP contribution in [0.25, 0.3) is 22.1 Å². The maximum atomic E-state index is 13.4. The van der Waals surface area contributed by atoms with Crippen molar-refractivity contribution in [3.05, 3.63) is 88.3 Å². The molecule has 5 rings (SSSR count). The molecule has 0 aliphatic carbocycles. The van der Waals surface area contributed by atoms with Crippen molar-refractivity contribution in [3.8, 4) is 22.6 Å². The molecule has 0 amide bonds. The number of fused-ring (bicyclic) bond motifs is 1. The topological polar surface area (TPSA) is 77.2 Å². The van der Waals surface area contributed by atoms with Crippen LogP contribution in [0.3, 0.4) is 0 Å². The maximum Gasteiger partial charge on any atom is 0.200 e. The molecule has 1 aromatic heterocycles. The molecule has 1 fully saturated rings. The van der Waals surface area contributed by atoms with Crippen molar-refractivity contribution in [2.24, 2.45) is 0 Å². The summed E-state index contributed by atoms with van der Waals surface area (Å²) in [6.45, 7) is 5.30. The normalized spacial score (nSPS) is 14.6. The number of rotatable bonds is 4. The molecule has 0 unspecified atom stereocenters. The lowest BCUT2D eigenvalue weighted by molar-refractivity contribution is 0.246. The van der Waals surface area contributed by atoms with E-state index in [0.29, 0.717) is 34.4 Å². The zero-order chi connectivity index (χ0) is 22.9. The Balaban J connectivity index is 1.44. The number of para-hydroxylation sites is 2. The lowest BCUT2D eigenvalue weighted by atomic mass is 10.0. The Kier molecular flexibility index (Phi) is 5.52. The summed E-state index contributed by atoms with van der Waals surface area (Å²) in [5.74, 6) is 0.944. The van der Waals surface area contributed by atoms with Gasteiger partial charge in [-0.1, -0.05) is 42.5 Å². The van der Waals surface area contributed by atoms with E-state index in [0.717, 1.165) is 37.4 Å². The number of benzene rings is 3. The van der Waals surface area contributed by atoms with Crippen LogP contribution in [-0.4, -0.2) is 41.3 Å². The molecule has 1 saturated heterocycles. The first-order chi connectivity index (χ1) is 16.0. The number of anilines is 1. The third-order valence-electron chi connectivity index (χ3n) is 6.35. The monoisotopic (exact) mass is 442 g/mol. The highest BCUT2D eigenvalue weighted by molar-refractivity contribution is 5.86. The number of aryl methyl sites for hydroxylation is 1. The Morgan fingerprint density at radius 2 is 1.55 bits per heavy atom. The van der Waals surface area contributed by atoms with E-state index in [2.05, 4.69) is 9.80 Å². The van der Waals surface area contributed by atoms with Gasteiger partial charge in [-0.2, -0.15) is 0 Å². The van der Waals surface area contributed by atoms with E-state index in [9.17, 15) is 15.0 Å². The molecule has 0 atom stereocenters. The smallest absolute Gasteiger partial charge is 0.200 e. The van der Waals surface area contributed by atoms with E-state index in [1.807, 2.05) is 48.5 Å². The molecule has 0 spiro atoms. The molecule has 0 radical (unpaired) electrons. The quantitative estimate of drug-likeness (QED) is 0.485. The van der Waals surface area contributed by atoms with E-state index < -0.39 is 0 Å². The summed E-state index contributed by atoms with van der Waals surface area (Å²) < 4.78 is 6.16. The number of phenols is 2. The van der Waals surface area contributed by atoms with Gasteiger partial charge in [0.2, 0.25) is 5.43 Å². The van der Waals surface area contributed by atoms with Crippen LogP contribution in [0.4, 0.5) is 5.69 Å². The second-order valence-electron chi connectivity index (χ2n) is 8.42. The number of aromatic hydroxyl groups is 2. The second kappa shape index (κ2) is 8.64. The van der Waals surface area contributed by atoms with Crippen LogP contribution >= 0.6 is 0 Å². The summed E-state index contributed by atoms with van der Waals surface area (Å²) in [7, 11) is 0. The molecule has 0 bridgehead atoms. The zero-order valence-electron chi connectivity index (χ0n) is 18.5. The van der Waals surface area contributed by atoms with Crippen LogP contribution in [-0.2, 0) is 6.54 Å². The van der Waals surface area contributed by atoms with E-state index in [-0.39, 0.29) is 16.9 Å². The molecule has 1 aliphatic rings. The van der Waals surface area contributed by atoms with E-state index in [1.54, 1.807) is 25.1 Å². The lowest BCUT2D eigenvalue weighted by Gasteiger charge is -2.36. The molecular formula is C27H26N2O4. The van der Waals surface area contributed by atoms with E-state index in [4.69, 9.17) is 4.42 Å². The van der Waals surface area contributed by atoms with Crippen LogP contribution < -0.4 is 10.3 Å². The van der Waals surface area contributed by atoms with Crippen molar-refractivity contribution in [1.29, 1.82) is 0 Å². The number of piperazine rings is 1. The Bertz CT molecular complexity index is 1360. The molecule has 168 valence electrons. The van der Waals surface area contributed by atoms with Gasteiger partial charge in [-0.25, -0.2) is 0 Å². The highest BCUT2D eigenvalue weighted by atomic mass is 16.3. The highest BCUT2D eigenvalue weighted by Crippen LogP contribution is 2.32. The third-order valence-corrected chi connectivity index (χ3v) is 6.35. The third kappa shape index (κ3) is 3.94. The summed E-state index contributed by atoms with van der Waals surface area (Å²) in [5.41, 5.74) is 3.19. The van der Waals surface area contributed by atoms with Crippen LogP contribution in [0.1, 0.15) is 11.3 Å². The predicted molar refractivity (Wildman–Crippen MR) is 130 cm³/mol. The average Bonchev–Trinajstić information content (AvgIpc) is 2.83. The number of nitrogens with zero attached hydrogens (tertiary/aromatic N) is 2. The first kappa shape index (κ1) is 21.1. The summed E-state index contributed by atoms with van der Waals surface area (Å²) in [5, 5.41) is 21.3. The van der Waals surface area contributed by atoms with Crippen LogP contribution in [0.5, 0.6) is 11.5 Å². The van der Waals surface area contributed by atoms with Crippen molar-refractivity contribution >= 4 is 16.7 Å². The van der Waals surface area contributed by atoms with Gasteiger partial charge in [-0.05, 0) is 36.8 Å². The average molecular weight is 443 g/mol. The van der Waals surface area contributed by atoms with Gasteiger partial charge in [0.05, 0.1) is 22.2 Å². The van der Waals surface area contributed by atoms with E-state index in [1.165, 1.54) is 0 Å². The molecule has 2 heterocycles. The molecule has 0 saturated carbocycles. The van der Waals surface area contributed by atoms with Crippen molar-refractivity contribution in [2.45, 2.75) is 13.5 Å². The van der Waals surface area contributed by atoms with Gasteiger partial charge in [0.15, 0.2) is 0 Å². The summed E-state index contributed by atoms with van der Waals surface area (Å²) in [4.78, 5) is 17.7. The largest absolute Gasteiger partial charge is 0.507 e. The molecule has 33 heavy (non-hydrogen) atoms. The highest BCUT2D eigenvalue weighted by Gasteiger charge is 2.23. The Hall–Kier alpha value is -3.77. The number of hydrogen-bond acceptors (Lipinski definition) is 6. The van der Waals surface area contributed by atoms with Gasteiger partial charge in [0, 0.05) is 32.7 Å². The van der Waals surface area contributed by atoms with Gasteiger partial charge >= 0.3 is 0 Å². The number of hydrogen-bond donors (Lipinski definition) is 2. The van der Waals surface area contributed by atoms with Crippen LogP contribution in [0.2, 0.25) is 0 Å². The minimum absolute atomic E-state index is 0.0921. The summed E-state index contributed by atoms with van der Waals surface area (Å²) in [6, 6.07) is 20.1. The number of phenolic OH excluding ortho intramolecular Hbond substituents is 2. The van der Waals surface area contributed by atoms with Crippen molar-refractivity contribution < 1.29 is 14.6 Å². The van der Waals surface area contributed by atoms with Gasteiger partial charge in [0.25, 0.3) is 0 Å². The van der Waals surface area contributed by atoms with E-state index >= 15 is 0 Å². The first-order valence-electron chi connectivity index (χ1n) is 11.1. The summed E-state index contributed by atoms with van der Waals surface area (Å²) in [6.07, 6.45) is 0. The lowest BCUT2D eigenvalue weighted by Crippen LogP contribution is -2.46. The fourth-order valence-electron chi connectivity index (χ4n) is 4.61. The van der Waals surface area contributed by atoms with Gasteiger partial charge in [-0.3, -0.25) is 9.69 Å². The molecule has 6 heteroatoms. The maximum absolute atomic E-state index is 13.4. The second-order valence-corrected chi connectivity index (χ2v) is 8.42. The minimum Gasteiger partial charge on any atom is -0.507 e. The fraction of sp³-hybridized carbons (Fsp3) is 0.222. The van der Waals surface area contributed by atoms with Crippen molar-refractivity contribution in [2.75, 3.05) is 31.1 Å². The molecule has 2 N–H and O–H groups in total. The zero-order valence-corrected chi connectivity index (χ0v) is 18.5. The fourth-order valence-corrected chi connectivity index (χ4v) is 4.61. The summed E-state index contributed by atoms with van der Waals surface area (Å²) >= 11 is 0. The minimum atomic E-state index is -0.0921. The first-order valence-corrected chi connectivity index (χ1v) is 11.1. The van der Waals surface area contributed by atoms with Crippen LogP contribution in [0, 0.1) is 6.92 Å². The molecule has 6 nitrogen and oxygen atoms in total. The Labute approximate surface area is 191 Å². The van der Waals surface area contributed by atoms with Gasteiger partial charge in [0.1, 0.15) is 22.8 Å². The SMILES string of the molecule is Cc1oc2c(CN3CCN(c4ccccc4O)CC3)c(O)ccc2c(=O)c1-c1ccccc1. The van der Waals surface area contributed by atoms with Gasteiger partial charge in [-0.15, -0.1) is 0 Å². The molecule has 4 aromatic rings. The predicted octanol–water partition coefficient (Wildman–Crippen LogP) is 4.50. The standard InChI is InChI=1S/C27H26N2O4/c1-18-25(19-7-3-2-4-8-19)26(32)20-11-12-23(30)21(27(20)33-18)17-28-13-15-29(16-14-28)22-9-5-6-10-24(22)31/h2-12,30-31H,13-17H2,1H3. The Morgan fingerprint density at radius 1 is 0.848 bits per heavy atom. The molecule has 1 aliphatic heterocycles. The van der Waals surface area contributed by atoms with Crippen molar-refractivity contribution in [3.63, 3.8) is 0 Å². The van der Waals surface area contributed by atoms with Crippen LogP contribution in [0.15, 0.2) is 75.9 Å². The van der Waals surface area contributed by atoms with Crippen molar-refractivity contribution in [1.82, 2.24) is 4.90 Å². The Morgan fingerprint density at radius 3 is 2.27 bits per heavy atom.